The first kappa shape index (κ1) is 12.8. The molecule has 1 N–H and O–H groups in total. The van der Waals surface area contributed by atoms with Crippen LogP contribution in [0.15, 0.2) is 35.0 Å². The van der Waals surface area contributed by atoms with Crippen molar-refractivity contribution in [2.24, 2.45) is 0 Å². The van der Waals surface area contributed by atoms with E-state index in [2.05, 4.69) is 47.3 Å². The summed E-state index contributed by atoms with van der Waals surface area (Å²) in [6.07, 6.45) is 3.50. The molecule has 0 aromatic carbocycles. The van der Waals surface area contributed by atoms with Gasteiger partial charge in [0.2, 0.25) is 0 Å². The molecule has 0 atom stereocenters. The lowest BCUT2D eigenvalue weighted by molar-refractivity contribution is 0.510. The molecule has 0 aliphatic rings. The Balaban J connectivity index is 1.92. The molecule has 0 amide bonds. The van der Waals surface area contributed by atoms with Gasteiger partial charge in [-0.25, -0.2) is 0 Å². The predicted molar refractivity (Wildman–Crippen MR) is 78.1 cm³/mol. The fourth-order valence-corrected chi connectivity index (χ4v) is 3.48. The van der Waals surface area contributed by atoms with Crippen LogP contribution in [0.5, 0.6) is 0 Å². The van der Waals surface area contributed by atoms with Crippen molar-refractivity contribution in [2.45, 2.75) is 32.2 Å². The van der Waals surface area contributed by atoms with Gasteiger partial charge in [-0.05, 0) is 48.7 Å². The summed E-state index contributed by atoms with van der Waals surface area (Å²) < 4.78 is 0. The third-order valence-corrected chi connectivity index (χ3v) is 4.54. The van der Waals surface area contributed by atoms with Gasteiger partial charge in [0.05, 0.1) is 0 Å². The quantitative estimate of drug-likeness (QED) is 0.799. The Morgan fingerprint density at radius 1 is 1.06 bits per heavy atom. The summed E-state index contributed by atoms with van der Waals surface area (Å²) in [5, 5.41) is 7.99. The molecule has 0 aliphatic heterocycles. The summed E-state index contributed by atoms with van der Waals surface area (Å²) in [6.45, 7) is 3.34. The van der Waals surface area contributed by atoms with Crippen LogP contribution in [0.3, 0.4) is 0 Å². The standard InChI is InChI=1S/C14H19NS2/c1-2-7-15-12(10-13-5-3-8-16-13)11-14-6-4-9-17-14/h3-6,8-9,12,15H,2,7,10-11H2,1H3. The van der Waals surface area contributed by atoms with E-state index < -0.39 is 0 Å². The zero-order valence-electron chi connectivity index (χ0n) is 10.2. The SMILES string of the molecule is CCCNC(Cc1cccs1)Cc1cccs1. The molecule has 0 fully saturated rings. The molecule has 0 unspecified atom stereocenters. The largest absolute Gasteiger partial charge is 0.313 e. The molecule has 2 aromatic rings. The highest BCUT2D eigenvalue weighted by Gasteiger charge is 2.10. The summed E-state index contributed by atoms with van der Waals surface area (Å²) in [6, 6.07) is 9.33. The van der Waals surface area contributed by atoms with Gasteiger partial charge in [0.25, 0.3) is 0 Å². The van der Waals surface area contributed by atoms with Gasteiger partial charge in [-0.3, -0.25) is 0 Å². The van der Waals surface area contributed by atoms with Crippen molar-refractivity contribution in [3.63, 3.8) is 0 Å². The Kier molecular flexibility index (Phi) is 5.23. The smallest absolute Gasteiger partial charge is 0.0164 e. The normalized spacial score (nSPS) is 11.2. The molecule has 92 valence electrons. The maximum atomic E-state index is 3.66. The van der Waals surface area contributed by atoms with Crippen LogP contribution < -0.4 is 5.32 Å². The summed E-state index contributed by atoms with van der Waals surface area (Å²) in [4.78, 5) is 2.96. The van der Waals surface area contributed by atoms with Crippen LogP contribution >= 0.6 is 22.7 Å². The lowest BCUT2D eigenvalue weighted by atomic mass is 10.1. The van der Waals surface area contributed by atoms with Gasteiger partial charge in [-0.1, -0.05) is 19.1 Å². The van der Waals surface area contributed by atoms with E-state index in [4.69, 9.17) is 0 Å². The first-order chi connectivity index (χ1) is 8.38. The molecule has 3 heteroatoms. The highest BCUT2D eigenvalue weighted by molar-refractivity contribution is 7.10. The van der Waals surface area contributed by atoms with Crippen molar-refractivity contribution >= 4 is 22.7 Å². The van der Waals surface area contributed by atoms with Gasteiger partial charge >= 0.3 is 0 Å². The summed E-state index contributed by atoms with van der Waals surface area (Å²) in [5.41, 5.74) is 0. The Labute approximate surface area is 112 Å². The van der Waals surface area contributed by atoms with E-state index in [9.17, 15) is 0 Å². The second-order valence-electron chi connectivity index (χ2n) is 4.22. The van der Waals surface area contributed by atoms with Gasteiger partial charge in [0.15, 0.2) is 0 Å². The highest BCUT2D eigenvalue weighted by Crippen LogP contribution is 2.16. The van der Waals surface area contributed by atoms with Gasteiger partial charge in [0, 0.05) is 15.8 Å². The number of hydrogen-bond acceptors (Lipinski definition) is 3. The molecule has 1 nitrogen and oxygen atoms in total. The van der Waals surface area contributed by atoms with E-state index in [1.807, 2.05) is 22.7 Å². The lowest BCUT2D eigenvalue weighted by Gasteiger charge is -2.17. The Morgan fingerprint density at radius 2 is 1.65 bits per heavy atom. The Bertz CT molecular complexity index is 356. The minimum atomic E-state index is 0.576. The van der Waals surface area contributed by atoms with E-state index in [0.29, 0.717) is 6.04 Å². The fraction of sp³-hybridized carbons (Fsp3) is 0.429. The first-order valence-corrected chi connectivity index (χ1v) is 7.92. The van der Waals surface area contributed by atoms with E-state index in [-0.39, 0.29) is 0 Å². The van der Waals surface area contributed by atoms with Crippen molar-refractivity contribution in [2.75, 3.05) is 6.54 Å². The molecule has 0 aliphatic carbocycles. The highest BCUT2D eigenvalue weighted by atomic mass is 32.1. The average molecular weight is 265 g/mol. The van der Waals surface area contributed by atoms with Crippen molar-refractivity contribution in [3.05, 3.63) is 44.8 Å². The van der Waals surface area contributed by atoms with Gasteiger partial charge in [0.1, 0.15) is 0 Å². The van der Waals surface area contributed by atoms with Crippen LogP contribution in [0.1, 0.15) is 23.1 Å². The zero-order chi connectivity index (χ0) is 11.9. The molecule has 0 saturated carbocycles. The molecule has 2 heterocycles. The monoisotopic (exact) mass is 265 g/mol. The second-order valence-corrected chi connectivity index (χ2v) is 6.28. The number of thiophene rings is 2. The molecule has 17 heavy (non-hydrogen) atoms. The maximum absolute atomic E-state index is 3.66. The Morgan fingerprint density at radius 3 is 2.06 bits per heavy atom. The van der Waals surface area contributed by atoms with Gasteiger partial charge in [-0.15, -0.1) is 22.7 Å². The second kappa shape index (κ2) is 6.94. The zero-order valence-corrected chi connectivity index (χ0v) is 11.8. The van der Waals surface area contributed by atoms with E-state index in [0.717, 1.165) is 19.4 Å². The van der Waals surface area contributed by atoms with Crippen LogP contribution in [0.2, 0.25) is 0 Å². The number of nitrogens with one attached hydrogen (secondary N) is 1. The maximum Gasteiger partial charge on any atom is 0.0164 e. The summed E-state index contributed by atoms with van der Waals surface area (Å²) in [7, 11) is 0. The molecular weight excluding hydrogens is 246 g/mol. The van der Waals surface area contributed by atoms with Gasteiger partial charge < -0.3 is 5.32 Å². The fourth-order valence-electron chi connectivity index (χ4n) is 1.91. The molecule has 0 spiro atoms. The predicted octanol–water partition coefficient (Wildman–Crippen LogP) is 3.96. The lowest BCUT2D eigenvalue weighted by Crippen LogP contribution is -2.33. The van der Waals surface area contributed by atoms with Crippen molar-refractivity contribution in [1.29, 1.82) is 0 Å². The van der Waals surface area contributed by atoms with Crippen LogP contribution in [0.25, 0.3) is 0 Å². The third-order valence-electron chi connectivity index (χ3n) is 2.74. The van der Waals surface area contributed by atoms with Crippen molar-refractivity contribution in [3.8, 4) is 0 Å². The number of rotatable bonds is 7. The minimum Gasteiger partial charge on any atom is -0.313 e. The molecule has 0 saturated heterocycles. The molecule has 0 bridgehead atoms. The molecule has 2 rings (SSSR count). The van der Waals surface area contributed by atoms with Crippen LogP contribution in [-0.4, -0.2) is 12.6 Å². The third kappa shape index (κ3) is 4.26. The van der Waals surface area contributed by atoms with E-state index in [1.54, 1.807) is 0 Å². The van der Waals surface area contributed by atoms with Crippen LogP contribution in [0.4, 0.5) is 0 Å². The topological polar surface area (TPSA) is 12.0 Å². The Hall–Kier alpha value is -0.640. The average Bonchev–Trinajstić information content (AvgIpc) is 2.99. The van der Waals surface area contributed by atoms with Crippen LogP contribution in [0, 0.1) is 0 Å². The van der Waals surface area contributed by atoms with E-state index in [1.165, 1.54) is 16.2 Å². The minimum absolute atomic E-state index is 0.576. The van der Waals surface area contributed by atoms with E-state index >= 15 is 0 Å². The molecule has 2 aromatic heterocycles. The summed E-state index contributed by atoms with van der Waals surface area (Å²) >= 11 is 3.72. The first-order valence-electron chi connectivity index (χ1n) is 6.16. The van der Waals surface area contributed by atoms with Crippen LogP contribution in [-0.2, 0) is 12.8 Å². The summed E-state index contributed by atoms with van der Waals surface area (Å²) in [5.74, 6) is 0. The van der Waals surface area contributed by atoms with Crippen molar-refractivity contribution in [1.82, 2.24) is 5.32 Å². The molecular formula is C14H19NS2. The molecule has 0 radical (unpaired) electrons. The number of hydrogen-bond donors (Lipinski definition) is 1. The van der Waals surface area contributed by atoms with Gasteiger partial charge in [-0.2, -0.15) is 0 Å². The van der Waals surface area contributed by atoms with Crippen molar-refractivity contribution < 1.29 is 0 Å².